The third-order valence-corrected chi connectivity index (χ3v) is 5.62. The summed E-state index contributed by atoms with van der Waals surface area (Å²) in [7, 11) is 5.51. The van der Waals surface area contributed by atoms with E-state index < -0.39 is 0 Å². The molecular formula is C24H34N6O4. The number of anilines is 2. The first-order valence-electron chi connectivity index (χ1n) is 11.3. The van der Waals surface area contributed by atoms with Gasteiger partial charge in [0.25, 0.3) is 5.91 Å². The summed E-state index contributed by atoms with van der Waals surface area (Å²) in [6.45, 7) is 3.89. The molecule has 1 unspecified atom stereocenters. The summed E-state index contributed by atoms with van der Waals surface area (Å²) in [5, 5.41) is 8.72. The van der Waals surface area contributed by atoms with Crippen LogP contribution in [0.2, 0.25) is 0 Å². The largest absolute Gasteiger partial charge is 0.383 e. The molecule has 1 aromatic heterocycles. The molecule has 1 saturated heterocycles. The number of carbonyl (C=O) groups is 2. The van der Waals surface area contributed by atoms with Crippen molar-refractivity contribution < 1.29 is 19.1 Å². The number of ether oxygens (including phenoxy) is 2. The molecule has 1 fully saturated rings. The number of hydrogen-bond acceptors (Lipinski definition) is 7. The van der Waals surface area contributed by atoms with Gasteiger partial charge >= 0.3 is 6.03 Å². The number of methoxy groups -OCH3 is 1. The molecule has 2 aromatic rings. The monoisotopic (exact) mass is 470 g/mol. The van der Waals surface area contributed by atoms with Gasteiger partial charge in [-0.05, 0) is 50.0 Å². The van der Waals surface area contributed by atoms with Gasteiger partial charge in [-0.15, -0.1) is 0 Å². The van der Waals surface area contributed by atoms with E-state index in [-0.39, 0.29) is 18.0 Å². The second-order valence-electron chi connectivity index (χ2n) is 8.18. The molecule has 1 atom stereocenters. The predicted molar refractivity (Wildman–Crippen MR) is 131 cm³/mol. The average Bonchev–Trinajstić information content (AvgIpc) is 2.85. The van der Waals surface area contributed by atoms with Crippen LogP contribution < -0.4 is 20.9 Å². The minimum Gasteiger partial charge on any atom is -0.383 e. The Bertz CT molecular complexity index is 934. The number of hydrogen-bond donors (Lipinski definition) is 3. The van der Waals surface area contributed by atoms with Crippen LogP contribution in [0.15, 0.2) is 42.7 Å². The summed E-state index contributed by atoms with van der Waals surface area (Å²) in [6.07, 6.45) is 3.48. The van der Waals surface area contributed by atoms with Crippen molar-refractivity contribution in [2.75, 3.05) is 77.4 Å². The lowest BCUT2D eigenvalue weighted by molar-refractivity contribution is 0.0937. The van der Waals surface area contributed by atoms with Crippen LogP contribution >= 0.6 is 0 Å². The lowest BCUT2D eigenvalue weighted by Gasteiger charge is -2.31. The zero-order chi connectivity index (χ0) is 24.3. The quantitative estimate of drug-likeness (QED) is 0.454. The highest BCUT2D eigenvalue weighted by Crippen LogP contribution is 2.28. The first-order chi connectivity index (χ1) is 16.5. The molecule has 3 amide bonds. The molecule has 10 heteroatoms. The van der Waals surface area contributed by atoms with Gasteiger partial charge in [-0.3, -0.25) is 9.78 Å². The highest BCUT2D eigenvalue weighted by molar-refractivity contribution is 5.99. The number of morpholine rings is 1. The fourth-order valence-corrected chi connectivity index (χ4v) is 3.77. The predicted octanol–water partition coefficient (Wildman–Crippen LogP) is 1.72. The molecule has 3 rings (SSSR count). The number of nitrogens with one attached hydrogen (secondary N) is 3. The van der Waals surface area contributed by atoms with Crippen LogP contribution in [-0.4, -0.2) is 89.0 Å². The van der Waals surface area contributed by atoms with Gasteiger partial charge in [-0.25, -0.2) is 4.79 Å². The maximum Gasteiger partial charge on any atom is 0.319 e. The molecule has 0 radical (unpaired) electrons. The van der Waals surface area contributed by atoms with Crippen LogP contribution in [0.4, 0.5) is 16.2 Å². The van der Waals surface area contributed by atoms with Crippen molar-refractivity contribution >= 4 is 23.3 Å². The lowest BCUT2D eigenvalue weighted by Crippen LogP contribution is -2.39. The topological polar surface area (TPSA) is 108 Å². The number of carbonyl (C=O) groups excluding carboxylic acids is 2. The van der Waals surface area contributed by atoms with Gasteiger partial charge in [0.1, 0.15) is 0 Å². The van der Waals surface area contributed by atoms with Crippen molar-refractivity contribution in [2.45, 2.75) is 6.04 Å². The zero-order valence-electron chi connectivity index (χ0n) is 20.0. The molecule has 1 aliphatic heterocycles. The molecule has 1 aromatic carbocycles. The Morgan fingerprint density at radius 1 is 1.15 bits per heavy atom. The summed E-state index contributed by atoms with van der Waals surface area (Å²) in [4.78, 5) is 33.7. The van der Waals surface area contributed by atoms with Crippen molar-refractivity contribution in [3.05, 3.63) is 53.9 Å². The van der Waals surface area contributed by atoms with Crippen LogP contribution in [0.1, 0.15) is 22.0 Å². The van der Waals surface area contributed by atoms with Gasteiger partial charge in [0.2, 0.25) is 0 Å². The summed E-state index contributed by atoms with van der Waals surface area (Å²) in [6, 6.07) is 8.86. The van der Waals surface area contributed by atoms with E-state index in [1.165, 1.54) is 0 Å². The standard InChI is InChI=1S/C24H34N6O4/c1-29(2)22(18-6-8-25-9-7-18)17-27-24(32)28-20-16-19(23(31)26-10-13-33-3)4-5-21(20)30-11-14-34-15-12-30/h4-9,16,22H,10-15,17H2,1-3H3,(H,26,31)(H2,27,28,32). The molecule has 1 aliphatic rings. The van der Waals surface area contributed by atoms with E-state index in [0.29, 0.717) is 57.3 Å². The van der Waals surface area contributed by atoms with E-state index in [2.05, 4.69) is 25.8 Å². The Morgan fingerprint density at radius 3 is 2.56 bits per heavy atom. The van der Waals surface area contributed by atoms with E-state index in [0.717, 1.165) is 11.3 Å². The van der Waals surface area contributed by atoms with Crippen molar-refractivity contribution in [2.24, 2.45) is 0 Å². The van der Waals surface area contributed by atoms with Crippen LogP contribution in [0.3, 0.4) is 0 Å². The van der Waals surface area contributed by atoms with Gasteiger partial charge in [0, 0.05) is 51.2 Å². The van der Waals surface area contributed by atoms with Gasteiger partial charge in [-0.2, -0.15) is 0 Å². The van der Waals surface area contributed by atoms with Crippen LogP contribution in [-0.2, 0) is 9.47 Å². The van der Waals surface area contributed by atoms with Gasteiger partial charge in [0.15, 0.2) is 0 Å². The van der Waals surface area contributed by atoms with E-state index in [1.807, 2.05) is 37.2 Å². The number of aromatic nitrogens is 1. The maximum atomic E-state index is 12.9. The first-order valence-corrected chi connectivity index (χ1v) is 11.3. The normalized spacial score (nSPS) is 14.5. The number of nitrogens with zero attached hydrogens (tertiary/aromatic N) is 3. The molecule has 2 heterocycles. The number of amides is 3. The third kappa shape index (κ3) is 7.14. The Kier molecular flexibility index (Phi) is 9.62. The molecule has 184 valence electrons. The van der Waals surface area contributed by atoms with Crippen molar-refractivity contribution in [3.63, 3.8) is 0 Å². The highest BCUT2D eigenvalue weighted by Gasteiger charge is 2.20. The Hall–Kier alpha value is -3.21. The first kappa shape index (κ1) is 25.4. The highest BCUT2D eigenvalue weighted by atomic mass is 16.5. The van der Waals surface area contributed by atoms with Crippen LogP contribution in [0.25, 0.3) is 0 Å². The second kappa shape index (κ2) is 12.9. The fourth-order valence-electron chi connectivity index (χ4n) is 3.77. The fraction of sp³-hybridized carbons (Fsp3) is 0.458. The van der Waals surface area contributed by atoms with Crippen LogP contribution in [0.5, 0.6) is 0 Å². The molecule has 3 N–H and O–H groups in total. The molecule has 34 heavy (non-hydrogen) atoms. The minimum atomic E-state index is -0.340. The van der Waals surface area contributed by atoms with E-state index >= 15 is 0 Å². The molecule has 10 nitrogen and oxygen atoms in total. The number of rotatable bonds is 10. The van der Waals surface area contributed by atoms with Crippen LogP contribution in [0, 0.1) is 0 Å². The van der Waals surface area contributed by atoms with Crippen molar-refractivity contribution in [3.8, 4) is 0 Å². The smallest absolute Gasteiger partial charge is 0.319 e. The number of pyridine rings is 1. The minimum absolute atomic E-state index is 0.00893. The Labute approximate surface area is 200 Å². The summed E-state index contributed by atoms with van der Waals surface area (Å²) >= 11 is 0. The Balaban J connectivity index is 1.73. The maximum absolute atomic E-state index is 12.9. The van der Waals surface area contributed by atoms with E-state index in [4.69, 9.17) is 9.47 Å². The van der Waals surface area contributed by atoms with Crippen molar-refractivity contribution in [1.82, 2.24) is 20.5 Å². The van der Waals surface area contributed by atoms with Crippen molar-refractivity contribution in [1.29, 1.82) is 0 Å². The second-order valence-corrected chi connectivity index (χ2v) is 8.18. The molecular weight excluding hydrogens is 436 g/mol. The summed E-state index contributed by atoms with van der Waals surface area (Å²) in [5.74, 6) is -0.223. The molecule has 0 aliphatic carbocycles. The molecule has 0 bridgehead atoms. The van der Waals surface area contributed by atoms with Gasteiger partial charge < -0.3 is 35.2 Å². The third-order valence-electron chi connectivity index (χ3n) is 5.62. The number of likely N-dealkylation sites (N-methyl/N-ethyl adjacent to an activating group) is 1. The molecule has 0 saturated carbocycles. The van der Waals surface area contributed by atoms with Gasteiger partial charge in [0.05, 0.1) is 37.2 Å². The number of benzene rings is 1. The summed E-state index contributed by atoms with van der Waals surface area (Å²) in [5.41, 5.74) is 2.95. The van der Waals surface area contributed by atoms with E-state index in [1.54, 1.807) is 31.6 Å². The molecule has 0 spiro atoms. The number of urea groups is 1. The Morgan fingerprint density at radius 2 is 1.88 bits per heavy atom. The lowest BCUT2D eigenvalue weighted by atomic mass is 10.1. The zero-order valence-corrected chi connectivity index (χ0v) is 20.0. The average molecular weight is 471 g/mol. The van der Waals surface area contributed by atoms with E-state index in [9.17, 15) is 9.59 Å². The van der Waals surface area contributed by atoms with Gasteiger partial charge in [-0.1, -0.05) is 0 Å². The SMILES string of the molecule is COCCNC(=O)c1ccc(N2CCOCC2)c(NC(=O)NCC(c2ccncc2)N(C)C)c1. The summed E-state index contributed by atoms with van der Waals surface area (Å²) < 4.78 is 10.5.